The normalized spacial score (nSPS) is 10.5. The van der Waals surface area contributed by atoms with Crippen molar-refractivity contribution < 1.29 is 9.53 Å². The van der Waals surface area contributed by atoms with Crippen molar-refractivity contribution in [1.82, 2.24) is 15.3 Å². The average Bonchev–Trinajstić information content (AvgIpc) is 2.55. The molecule has 2 aromatic rings. The SMILES string of the molecule is O=C(NCCC=Cc1c[nH]c(=O)cn1)OCc1ccccc1. The van der Waals surface area contributed by atoms with Gasteiger partial charge in [-0.3, -0.25) is 4.79 Å². The van der Waals surface area contributed by atoms with Crippen molar-refractivity contribution in [1.29, 1.82) is 0 Å². The van der Waals surface area contributed by atoms with Gasteiger partial charge in [0.1, 0.15) is 6.61 Å². The Morgan fingerprint density at radius 3 is 2.86 bits per heavy atom. The van der Waals surface area contributed by atoms with E-state index < -0.39 is 6.09 Å². The summed E-state index contributed by atoms with van der Waals surface area (Å²) < 4.78 is 5.08. The van der Waals surface area contributed by atoms with Crippen LogP contribution in [-0.2, 0) is 11.3 Å². The molecular formula is C16H17N3O3. The van der Waals surface area contributed by atoms with Crippen LogP contribution in [0.3, 0.4) is 0 Å². The second-order valence-corrected chi connectivity index (χ2v) is 4.52. The van der Waals surface area contributed by atoms with Gasteiger partial charge in [0.25, 0.3) is 5.56 Å². The average molecular weight is 299 g/mol. The Hall–Kier alpha value is -2.89. The highest BCUT2D eigenvalue weighted by Crippen LogP contribution is 2.00. The predicted octanol–water partition coefficient (Wildman–Crippen LogP) is 2.10. The molecule has 0 fully saturated rings. The molecule has 114 valence electrons. The largest absolute Gasteiger partial charge is 0.445 e. The quantitative estimate of drug-likeness (QED) is 0.800. The molecule has 0 radical (unpaired) electrons. The minimum Gasteiger partial charge on any atom is -0.445 e. The van der Waals surface area contributed by atoms with Gasteiger partial charge < -0.3 is 15.0 Å². The molecule has 0 saturated carbocycles. The highest BCUT2D eigenvalue weighted by Gasteiger charge is 2.00. The number of rotatable bonds is 6. The standard InChI is InChI=1S/C16H17N3O3/c20-15-11-18-14(10-19-15)8-4-5-9-17-16(21)22-12-13-6-2-1-3-7-13/h1-4,6-8,10-11H,5,9,12H2,(H,17,21)(H,19,20). The van der Waals surface area contributed by atoms with Crippen molar-refractivity contribution in [3.63, 3.8) is 0 Å². The Kier molecular flexibility index (Phi) is 5.92. The first-order valence-electron chi connectivity index (χ1n) is 6.90. The molecule has 0 atom stereocenters. The van der Waals surface area contributed by atoms with E-state index >= 15 is 0 Å². The molecule has 1 aromatic heterocycles. The maximum atomic E-state index is 11.5. The molecule has 0 aliphatic heterocycles. The monoisotopic (exact) mass is 299 g/mol. The zero-order chi connectivity index (χ0) is 15.6. The molecule has 1 amide bonds. The van der Waals surface area contributed by atoms with Crippen molar-refractivity contribution in [2.24, 2.45) is 0 Å². The van der Waals surface area contributed by atoms with E-state index in [4.69, 9.17) is 4.74 Å². The molecule has 0 saturated heterocycles. The van der Waals surface area contributed by atoms with E-state index in [0.29, 0.717) is 18.7 Å². The lowest BCUT2D eigenvalue weighted by Gasteiger charge is -2.05. The number of alkyl carbamates (subject to hydrolysis) is 1. The Labute approximate surface area is 127 Å². The van der Waals surface area contributed by atoms with Gasteiger partial charge in [0.15, 0.2) is 0 Å². The third kappa shape index (κ3) is 5.62. The van der Waals surface area contributed by atoms with Gasteiger partial charge in [0.05, 0.1) is 11.9 Å². The van der Waals surface area contributed by atoms with E-state index in [9.17, 15) is 9.59 Å². The van der Waals surface area contributed by atoms with E-state index in [2.05, 4.69) is 15.3 Å². The van der Waals surface area contributed by atoms with Gasteiger partial charge in [0, 0.05) is 12.7 Å². The van der Waals surface area contributed by atoms with Crippen molar-refractivity contribution >= 4 is 12.2 Å². The van der Waals surface area contributed by atoms with Gasteiger partial charge in [-0.05, 0) is 18.1 Å². The summed E-state index contributed by atoms with van der Waals surface area (Å²) in [6.07, 6.45) is 6.57. The van der Waals surface area contributed by atoms with Gasteiger partial charge in [-0.25, -0.2) is 9.78 Å². The molecule has 0 unspecified atom stereocenters. The van der Waals surface area contributed by atoms with Crippen LogP contribution in [0.5, 0.6) is 0 Å². The van der Waals surface area contributed by atoms with Crippen LogP contribution >= 0.6 is 0 Å². The van der Waals surface area contributed by atoms with Crippen LogP contribution in [0.2, 0.25) is 0 Å². The molecule has 6 heteroatoms. The Bertz CT molecular complexity index is 660. The van der Waals surface area contributed by atoms with Crippen LogP contribution in [0.25, 0.3) is 6.08 Å². The molecule has 22 heavy (non-hydrogen) atoms. The van der Waals surface area contributed by atoms with E-state index in [1.165, 1.54) is 12.4 Å². The topological polar surface area (TPSA) is 84.1 Å². The zero-order valence-electron chi connectivity index (χ0n) is 12.0. The highest BCUT2D eigenvalue weighted by molar-refractivity contribution is 5.67. The molecule has 0 spiro atoms. The Balaban J connectivity index is 1.62. The molecule has 2 rings (SSSR count). The molecular weight excluding hydrogens is 282 g/mol. The molecule has 0 bridgehead atoms. The van der Waals surface area contributed by atoms with Gasteiger partial charge in [-0.15, -0.1) is 0 Å². The number of aromatic nitrogens is 2. The van der Waals surface area contributed by atoms with Crippen molar-refractivity contribution in [2.75, 3.05) is 6.54 Å². The third-order valence-electron chi connectivity index (χ3n) is 2.77. The lowest BCUT2D eigenvalue weighted by Crippen LogP contribution is -2.24. The van der Waals surface area contributed by atoms with Crippen LogP contribution in [0, 0.1) is 0 Å². The van der Waals surface area contributed by atoms with Crippen LogP contribution in [0.15, 0.2) is 53.6 Å². The van der Waals surface area contributed by atoms with Crippen molar-refractivity contribution in [3.8, 4) is 0 Å². The first-order valence-corrected chi connectivity index (χ1v) is 6.90. The second kappa shape index (κ2) is 8.41. The smallest absolute Gasteiger partial charge is 0.407 e. The summed E-state index contributed by atoms with van der Waals surface area (Å²) in [7, 11) is 0. The molecule has 2 N–H and O–H groups in total. The van der Waals surface area contributed by atoms with Crippen LogP contribution < -0.4 is 10.9 Å². The lowest BCUT2D eigenvalue weighted by molar-refractivity contribution is 0.140. The number of aromatic amines is 1. The minimum absolute atomic E-state index is 0.236. The van der Waals surface area contributed by atoms with E-state index in [0.717, 1.165) is 5.56 Å². The van der Waals surface area contributed by atoms with Crippen LogP contribution in [0.4, 0.5) is 4.79 Å². The minimum atomic E-state index is -0.445. The first kappa shape index (κ1) is 15.5. The molecule has 0 aliphatic carbocycles. The number of carbonyl (C=O) groups excluding carboxylic acids is 1. The first-order chi connectivity index (χ1) is 10.7. The number of benzene rings is 1. The predicted molar refractivity (Wildman–Crippen MR) is 83.1 cm³/mol. The summed E-state index contributed by atoms with van der Waals surface area (Å²) >= 11 is 0. The lowest BCUT2D eigenvalue weighted by atomic mass is 10.2. The summed E-state index contributed by atoms with van der Waals surface area (Å²) in [5.74, 6) is 0. The fourth-order valence-corrected chi connectivity index (χ4v) is 1.68. The highest BCUT2D eigenvalue weighted by atomic mass is 16.5. The molecule has 1 heterocycles. The number of carbonyl (C=O) groups is 1. The van der Waals surface area contributed by atoms with Gasteiger partial charge in [0.2, 0.25) is 0 Å². The number of nitrogens with one attached hydrogen (secondary N) is 2. The second-order valence-electron chi connectivity index (χ2n) is 4.52. The van der Waals surface area contributed by atoms with Crippen molar-refractivity contribution in [2.45, 2.75) is 13.0 Å². The van der Waals surface area contributed by atoms with Gasteiger partial charge in [-0.1, -0.05) is 36.4 Å². The molecule has 0 aliphatic rings. The van der Waals surface area contributed by atoms with Crippen LogP contribution in [-0.4, -0.2) is 22.6 Å². The zero-order valence-corrected chi connectivity index (χ0v) is 12.0. The number of amides is 1. The number of H-pyrrole nitrogens is 1. The number of nitrogens with zero attached hydrogens (tertiary/aromatic N) is 1. The fourth-order valence-electron chi connectivity index (χ4n) is 1.68. The maximum Gasteiger partial charge on any atom is 0.407 e. The summed E-state index contributed by atoms with van der Waals surface area (Å²) in [6, 6.07) is 9.49. The van der Waals surface area contributed by atoms with Crippen molar-refractivity contribution in [3.05, 3.63) is 70.4 Å². The fraction of sp³-hybridized carbons (Fsp3) is 0.188. The summed E-state index contributed by atoms with van der Waals surface area (Å²) in [4.78, 5) is 28.8. The third-order valence-corrected chi connectivity index (χ3v) is 2.77. The van der Waals surface area contributed by atoms with Gasteiger partial charge >= 0.3 is 6.09 Å². The van der Waals surface area contributed by atoms with Crippen LogP contribution in [0.1, 0.15) is 17.7 Å². The van der Waals surface area contributed by atoms with E-state index in [1.807, 2.05) is 36.4 Å². The van der Waals surface area contributed by atoms with E-state index in [-0.39, 0.29) is 12.2 Å². The molecule has 1 aromatic carbocycles. The number of hydrogen-bond acceptors (Lipinski definition) is 4. The molecule has 6 nitrogen and oxygen atoms in total. The summed E-state index contributed by atoms with van der Waals surface area (Å²) in [6.45, 7) is 0.720. The number of ether oxygens (including phenoxy) is 1. The maximum absolute atomic E-state index is 11.5. The summed E-state index contributed by atoms with van der Waals surface area (Å²) in [5, 5.41) is 2.66. The Morgan fingerprint density at radius 1 is 1.32 bits per heavy atom. The van der Waals surface area contributed by atoms with Gasteiger partial charge in [-0.2, -0.15) is 0 Å². The van der Waals surface area contributed by atoms with E-state index in [1.54, 1.807) is 6.08 Å². The number of hydrogen-bond donors (Lipinski definition) is 2. The summed E-state index contributed by atoms with van der Waals surface area (Å²) in [5.41, 5.74) is 1.37. The Morgan fingerprint density at radius 2 is 2.14 bits per heavy atom.